The van der Waals surface area contributed by atoms with Crippen molar-refractivity contribution in [3.05, 3.63) is 0 Å². The predicted octanol–water partition coefficient (Wildman–Crippen LogP) is 2.92. The summed E-state index contributed by atoms with van der Waals surface area (Å²) in [5, 5.41) is 19.6. The molecule has 0 unspecified atom stereocenters. The number of hydrogen-bond donors (Lipinski definition) is 2. The van der Waals surface area contributed by atoms with E-state index in [0.29, 0.717) is 0 Å². The Balaban J connectivity index is 5.62. The standard InChI is InChI=1S/C13H26O3/c1-10(2,9(14)15)11(3,4)12(5,6)13(7,8)16/h16H,1-8H3,(H,14,15). The van der Waals surface area contributed by atoms with Crippen LogP contribution < -0.4 is 0 Å². The predicted molar refractivity (Wildman–Crippen MR) is 65.3 cm³/mol. The summed E-state index contributed by atoms with van der Waals surface area (Å²) in [6, 6.07) is 0. The molecule has 0 fully saturated rings. The van der Waals surface area contributed by atoms with Crippen LogP contribution in [0.4, 0.5) is 0 Å². The fourth-order valence-corrected chi connectivity index (χ4v) is 1.81. The third-order valence-electron chi connectivity index (χ3n) is 5.19. The van der Waals surface area contributed by atoms with Gasteiger partial charge in [0.15, 0.2) is 0 Å². The van der Waals surface area contributed by atoms with Gasteiger partial charge in [-0.3, -0.25) is 4.79 Å². The quantitative estimate of drug-likeness (QED) is 0.780. The molecule has 0 heterocycles. The normalized spacial score (nSPS) is 15.1. The average molecular weight is 230 g/mol. The summed E-state index contributed by atoms with van der Waals surface area (Å²) >= 11 is 0. The molecule has 0 amide bonds. The molecule has 0 aromatic rings. The van der Waals surface area contributed by atoms with Crippen LogP contribution in [-0.4, -0.2) is 21.8 Å². The molecular weight excluding hydrogens is 204 g/mol. The van der Waals surface area contributed by atoms with Crippen molar-refractivity contribution < 1.29 is 15.0 Å². The Labute approximate surface area is 98.9 Å². The second-order valence-electron chi connectivity index (χ2n) is 6.74. The van der Waals surface area contributed by atoms with E-state index >= 15 is 0 Å². The summed E-state index contributed by atoms with van der Waals surface area (Å²) in [4.78, 5) is 11.4. The molecule has 3 heteroatoms. The first-order valence-corrected chi connectivity index (χ1v) is 5.65. The average Bonchev–Trinajstić information content (AvgIpc) is 2.00. The lowest BCUT2D eigenvalue weighted by atomic mass is 9.50. The Morgan fingerprint density at radius 3 is 1.31 bits per heavy atom. The van der Waals surface area contributed by atoms with Gasteiger partial charge >= 0.3 is 5.97 Å². The van der Waals surface area contributed by atoms with Gasteiger partial charge in [-0.15, -0.1) is 0 Å². The van der Waals surface area contributed by atoms with Gasteiger partial charge < -0.3 is 10.2 Å². The van der Waals surface area contributed by atoms with Gasteiger partial charge in [0.05, 0.1) is 11.0 Å². The number of aliphatic carboxylic acids is 1. The Morgan fingerprint density at radius 2 is 1.12 bits per heavy atom. The highest BCUT2D eigenvalue weighted by molar-refractivity contribution is 5.74. The van der Waals surface area contributed by atoms with Crippen LogP contribution in [0.1, 0.15) is 55.4 Å². The molecule has 16 heavy (non-hydrogen) atoms. The van der Waals surface area contributed by atoms with E-state index < -0.39 is 27.8 Å². The van der Waals surface area contributed by atoms with Crippen LogP contribution in [0.2, 0.25) is 0 Å². The van der Waals surface area contributed by atoms with E-state index in [9.17, 15) is 15.0 Å². The van der Waals surface area contributed by atoms with Crippen molar-refractivity contribution in [3.63, 3.8) is 0 Å². The van der Waals surface area contributed by atoms with Crippen molar-refractivity contribution >= 4 is 5.97 Å². The molecule has 0 aliphatic heterocycles. The maximum Gasteiger partial charge on any atom is 0.309 e. The lowest BCUT2D eigenvalue weighted by molar-refractivity contribution is -0.177. The van der Waals surface area contributed by atoms with Crippen molar-refractivity contribution in [2.24, 2.45) is 16.2 Å². The zero-order chi connectivity index (χ0) is 13.6. The number of carbonyl (C=O) groups is 1. The maximum atomic E-state index is 11.4. The van der Waals surface area contributed by atoms with Crippen LogP contribution in [0.15, 0.2) is 0 Å². The Bertz CT molecular complexity index is 280. The van der Waals surface area contributed by atoms with Crippen molar-refractivity contribution in [2.75, 3.05) is 0 Å². The minimum Gasteiger partial charge on any atom is -0.481 e. The van der Waals surface area contributed by atoms with E-state index in [-0.39, 0.29) is 0 Å². The highest BCUT2D eigenvalue weighted by Crippen LogP contribution is 2.55. The van der Waals surface area contributed by atoms with E-state index in [0.717, 1.165) is 0 Å². The summed E-state index contributed by atoms with van der Waals surface area (Å²) in [6.45, 7) is 14.5. The molecule has 96 valence electrons. The van der Waals surface area contributed by atoms with Crippen LogP contribution in [0.25, 0.3) is 0 Å². The third-order valence-corrected chi connectivity index (χ3v) is 5.19. The first-order chi connectivity index (χ1) is 6.69. The van der Waals surface area contributed by atoms with Gasteiger partial charge in [-0.05, 0) is 38.5 Å². The Morgan fingerprint density at radius 1 is 0.812 bits per heavy atom. The summed E-state index contributed by atoms with van der Waals surface area (Å²) in [5.74, 6) is -0.838. The second kappa shape index (κ2) is 3.73. The van der Waals surface area contributed by atoms with Crippen molar-refractivity contribution in [3.8, 4) is 0 Å². The van der Waals surface area contributed by atoms with Gasteiger partial charge in [-0.2, -0.15) is 0 Å². The summed E-state index contributed by atoms with van der Waals surface area (Å²) < 4.78 is 0. The molecule has 0 aliphatic carbocycles. The highest BCUT2D eigenvalue weighted by Gasteiger charge is 2.57. The van der Waals surface area contributed by atoms with E-state index in [4.69, 9.17) is 0 Å². The molecule has 0 radical (unpaired) electrons. The largest absolute Gasteiger partial charge is 0.481 e. The molecule has 0 saturated carbocycles. The Hall–Kier alpha value is -0.570. The van der Waals surface area contributed by atoms with Gasteiger partial charge in [0, 0.05) is 0 Å². The van der Waals surface area contributed by atoms with Crippen molar-refractivity contribution in [1.29, 1.82) is 0 Å². The first-order valence-electron chi connectivity index (χ1n) is 5.65. The van der Waals surface area contributed by atoms with Gasteiger partial charge in [0.1, 0.15) is 0 Å². The van der Waals surface area contributed by atoms with Crippen LogP contribution in [0.5, 0.6) is 0 Å². The molecule has 0 aromatic heterocycles. The zero-order valence-electron chi connectivity index (χ0n) is 11.8. The molecule has 0 rings (SSSR count). The number of aliphatic hydroxyl groups is 1. The monoisotopic (exact) mass is 230 g/mol. The van der Waals surface area contributed by atoms with Crippen LogP contribution >= 0.6 is 0 Å². The topological polar surface area (TPSA) is 57.5 Å². The summed E-state index contributed by atoms with van der Waals surface area (Å²) in [6.07, 6.45) is 0. The SMILES string of the molecule is CC(C)(O)C(C)(C)C(C)(C)C(C)(C)C(=O)O. The van der Waals surface area contributed by atoms with E-state index in [1.165, 1.54) is 0 Å². The molecule has 0 aliphatic rings. The lowest BCUT2D eigenvalue weighted by Crippen LogP contribution is -2.57. The van der Waals surface area contributed by atoms with E-state index in [1.54, 1.807) is 27.7 Å². The number of carboxylic acids is 1. The van der Waals surface area contributed by atoms with Gasteiger partial charge in [-0.1, -0.05) is 27.7 Å². The van der Waals surface area contributed by atoms with Crippen LogP contribution in [0.3, 0.4) is 0 Å². The minimum atomic E-state index is -0.941. The van der Waals surface area contributed by atoms with Crippen molar-refractivity contribution in [1.82, 2.24) is 0 Å². The number of carboxylic acid groups (broad SMARTS) is 1. The molecular formula is C13H26O3. The van der Waals surface area contributed by atoms with E-state index in [1.807, 2.05) is 27.7 Å². The lowest BCUT2D eigenvalue weighted by Gasteiger charge is -2.55. The summed E-state index contributed by atoms with van der Waals surface area (Å²) in [7, 11) is 0. The zero-order valence-corrected chi connectivity index (χ0v) is 11.8. The van der Waals surface area contributed by atoms with Gasteiger partial charge in [-0.25, -0.2) is 0 Å². The number of hydrogen-bond acceptors (Lipinski definition) is 2. The smallest absolute Gasteiger partial charge is 0.309 e. The first kappa shape index (κ1) is 15.4. The fourth-order valence-electron chi connectivity index (χ4n) is 1.81. The molecule has 0 aromatic carbocycles. The van der Waals surface area contributed by atoms with Crippen LogP contribution in [-0.2, 0) is 4.79 Å². The molecule has 3 nitrogen and oxygen atoms in total. The van der Waals surface area contributed by atoms with Gasteiger partial charge in [0.25, 0.3) is 0 Å². The highest BCUT2D eigenvalue weighted by atomic mass is 16.4. The molecule has 0 saturated heterocycles. The van der Waals surface area contributed by atoms with Crippen molar-refractivity contribution in [2.45, 2.75) is 61.0 Å². The maximum absolute atomic E-state index is 11.4. The minimum absolute atomic E-state index is 0.526. The Kier molecular flexibility index (Phi) is 3.59. The fraction of sp³-hybridized carbons (Fsp3) is 0.923. The molecule has 2 N–H and O–H groups in total. The molecule has 0 bridgehead atoms. The number of rotatable bonds is 4. The molecule has 0 atom stereocenters. The van der Waals surface area contributed by atoms with Crippen LogP contribution in [0, 0.1) is 16.2 Å². The van der Waals surface area contributed by atoms with Gasteiger partial charge in [0.2, 0.25) is 0 Å². The second-order valence-corrected chi connectivity index (χ2v) is 6.74. The summed E-state index contributed by atoms with van der Waals surface area (Å²) in [5.41, 5.74) is -2.92. The van der Waals surface area contributed by atoms with E-state index in [2.05, 4.69) is 0 Å². The molecule has 0 spiro atoms. The third kappa shape index (κ3) is 1.97.